The van der Waals surface area contributed by atoms with Gasteiger partial charge >= 0.3 is 0 Å². The molecule has 1 amide bonds. The van der Waals surface area contributed by atoms with Crippen LogP contribution in [-0.2, 0) is 0 Å². The first-order chi connectivity index (χ1) is 9.75. The highest BCUT2D eigenvalue weighted by Crippen LogP contribution is 2.16. The normalized spacial score (nSPS) is 10.4. The number of amides is 1. The number of anilines is 1. The van der Waals surface area contributed by atoms with Crippen molar-refractivity contribution in [2.45, 2.75) is 0 Å². The molecule has 0 unspecified atom stereocenters. The molecule has 1 aromatic heterocycles. The highest BCUT2D eigenvalue weighted by Gasteiger charge is 2.14. The number of nitrogens with zero attached hydrogens (tertiary/aromatic N) is 2. The highest BCUT2D eigenvalue weighted by atomic mass is 16.2. The molecule has 0 N–H and O–H groups in total. The van der Waals surface area contributed by atoms with Crippen LogP contribution in [0.25, 0.3) is 10.9 Å². The zero-order chi connectivity index (χ0) is 13.9. The van der Waals surface area contributed by atoms with E-state index in [0.29, 0.717) is 5.69 Å². The lowest BCUT2D eigenvalue weighted by atomic mass is 10.2. The molecular weight excluding hydrogens is 248 g/mol. The van der Waals surface area contributed by atoms with E-state index in [1.807, 2.05) is 60.7 Å². The predicted molar refractivity (Wildman–Crippen MR) is 80.9 cm³/mol. The number of benzene rings is 2. The van der Waals surface area contributed by atoms with E-state index in [0.717, 1.165) is 16.6 Å². The molecule has 20 heavy (non-hydrogen) atoms. The van der Waals surface area contributed by atoms with Crippen LogP contribution in [0.4, 0.5) is 5.69 Å². The fraction of sp³-hybridized carbons (Fsp3) is 0.0588. The van der Waals surface area contributed by atoms with Gasteiger partial charge in [-0.25, -0.2) is 4.98 Å². The van der Waals surface area contributed by atoms with E-state index in [9.17, 15) is 4.79 Å². The van der Waals surface area contributed by atoms with Crippen LogP contribution >= 0.6 is 0 Å². The molecule has 0 spiro atoms. The van der Waals surface area contributed by atoms with Gasteiger partial charge < -0.3 is 4.90 Å². The van der Waals surface area contributed by atoms with Crippen molar-refractivity contribution in [2.24, 2.45) is 0 Å². The summed E-state index contributed by atoms with van der Waals surface area (Å²) < 4.78 is 0. The van der Waals surface area contributed by atoms with Gasteiger partial charge in [-0.1, -0.05) is 42.5 Å². The first kappa shape index (κ1) is 12.4. The second kappa shape index (κ2) is 5.13. The predicted octanol–water partition coefficient (Wildman–Crippen LogP) is 3.51. The van der Waals surface area contributed by atoms with Gasteiger partial charge in [-0.15, -0.1) is 0 Å². The van der Waals surface area contributed by atoms with Gasteiger partial charge in [0.2, 0.25) is 0 Å². The van der Waals surface area contributed by atoms with Gasteiger partial charge in [-0.2, -0.15) is 0 Å². The summed E-state index contributed by atoms with van der Waals surface area (Å²) in [6, 6.07) is 21.0. The van der Waals surface area contributed by atoms with Gasteiger partial charge in [0.25, 0.3) is 5.91 Å². The smallest absolute Gasteiger partial charge is 0.276 e. The molecule has 0 atom stereocenters. The first-order valence-electron chi connectivity index (χ1n) is 6.44. The molecule has 2 aromatic carbocycles. The van der Waals surface area contributed by atoms with Crippen LogP contribution in [0.5, 0.6) is 0 Å². The van der Waals surface area contributed by atoms with Crippen molar-refractivity contribution in [1.29, 1.82) is 0 Å². The lowest BCUT2D eigenvalue weighted by Gasteiger charge is -2.16. The second-order valence-electron chi connectivity index (χ2n) is 4.59. The Morgan fingerprint density at radius 2 is 1.60 bits per heavy atom. The van der Waals surface area contributed by atoms with Gasteiger partial charge in [0.1, 0.15) is 5.69 Å². The Labute approximate surface area is 117 Å². The topological polar surface area (TPSA) is 33.2 Å². The number of carbonyl (C=O) groups excluding carboxylic acids is 1. The van der Waals surface area contributed by atoms with Gasteiger partial charge in [-0.05, 0) is 24.3 Å². The molecule has 0 bridgehead atoms. The minimum Gasteiger partial charge on any atom is -0.310 e. The van der Waals surface area contributed by atoms with Crippen molar-refractivity contribution in [1.82, 2.24) is 4.98 Å². The Balaban J connectivity index is 1.96. The first-order valence-corrected chi connectivity index (χ1v) is 6.44. The summed E-state index contributed by atoms with van der Waals surface area (Å²) in [5.41, 5.74) is 2.14. The Hall–Kier alpha value is -2.68. The van der Waals surface area contributed by atoms with E-state index in [1.54, 1.807) is 18.0 Å². The number of pyridine rings is 1. The molecule has 0 saturated carbocycles. The van der Waals surface area contributed by atoms with Gasteiger partial charge in [0.05, 0.1) is 5.52 Å². The summed E-state index contributed by atoms with van der Waals surface area (Å²) in [6.07, 6.45) is 0. The molecule has 98 valence electrons. The molecule has 3 heteroatoms. The van der Waals surface area contributed by atoms with Crippen LogP contribution in [0.2, 0.25) is 0 Å². The highest BCUT2D eigenvalue weighted by molar-refractivity contribution is 6.05. The zero-order valence-electron chi connectivity index (χ0n) is 11.2. The molecule has 3 nitrogen and oxygen atoms in total. The molecule has 0 saturated heterocycles. The van der Waals surface area contributed by atoms with Crippen molar-refractivity contribution in [2.75, 3.05) is 11.9 Å². The maximum Gasteiger partial charge on any atom is 0.276 e. The molecule has 0 aliphatic rings. The molecule has 0 aliphatic carbocycles. The Morgan fingerprint density at radius 3 is 2.40 bits per heavy atom. The molecule has 3 aromatic rings. The van der Waals surface area contributed by atoms with Crippen LogP contribution in [0, 0.1) is 0 Å². The maximum atomic E-state index is 12.5. The zero-order valence-corrected chi connectivity index (χ0v) is 11.2. The number of aromatic nitrogens is 1. The lowest BCUT2D eigenvalue weighted by molar-refractivity contribution is 0.0988. The molecule has 0 fully saturated rings. The summed E-state index contributed by atoms with van der Waals surface area (Å²) in [6.45, 7) is 0. The van der Waals surface area contributed by atoms with Gasteiger partial charge in [0.15, 0.2) is 0 Å². The molecular formula is C17H14N2O. The third-order valence-electron chi connectivity index (χ3n) is 3.27. The molecule has 0 radical (unpaired) electrons. The van der Waals surface area contributed by atoms with E-state index in [4.69, 9.17) is 0 Å². The van der Waals surface area contributed by atoms with Crippen LogP contribution in [0.15, 0.2) is 66.7 Å². The Bertz CT molecular complexity index is 753. The summed E-state index contributed by atoms with van der Waals surface area (Å²) in [4.78, 5) is 18.5. The third-order valence-corrected chi connectivity index (χ3v) is 3.27. The molecule has 3 rings (SSSR count). The monoisotopic (exact) mass is 262 g/mol. The van der Waals surface area contributed by atoms with E-state index < -0.39 is 0 Å². The summed E-state index contributed by atoms with van der Waals surface area (Å²) in [5.74, 6) is -0.109. The summed E-state index contributed by atoms with van der Waals surface area (Å²) >= 11 is 0. The summed E-state index contributed by atoms with van der Waals surface area (Å²) in [7, 11) is 1.76. The second-order valence-corrected chi connectivity index (χ2v) is 4.59. The molecule has 1 heterocycles. The van der Waals surface area contributed by atoms with Crippen molar-refractivity contribution >= 4 is 22.5 Å². The minimum absolute atomic E-state index is 0.109. The van der Waals surface area contributed by atoms with Gasteiger partial charge in [-0.3, -0.25) is 4.79 Å². The summed E-state index contributed by atoms with van der Waals surface area (Å²) in [5, 5.41) is 1.03. The number of rotatable bonds is 2. The number of hydrogen-bond acceptors (Lipinski definition) is 2. The number of para-hydroxylation sites is 2. The van der Waals surface area contributed by atoms with E-state index in [1.165, 1.54) is 0 Å². The van der Waals surface area contributed by atoms with E-state index in [2.05, 4.69) is 4.98 Å². The standard InChI is InChI=1S/C17H14N2O/c1-19(14-8-3-2-4-9-14)17(20)16-12-11-13-7-5-6-10-15(13)18-16/h2-12H,1H3. The molecule has 0 aliphatic heterocycles. The van der Waals surface area contributed by atoms with Crippen LogP contribution < -0.4 is 4.90 Å². The van der Waals surface area contributed by atoms with Crippen LogP contribution in [0.1, 0.15) is 10.5 Å². The average molecular weight is 262 g/mol. The Kier molecular flexibility index (Phi) is 3.17. The Morgan fingerprint density at radius 1 is 0.900 bits per heavy atom. The fourth-order valence-electron chi connectivity index (χ4n) is 2.13. The largest absolute Gasteiger partial charge is 0.310 e. The van der Waals surface area contributed by atoms with Crippen LogP contribution in [-0.4, -0.2) is 17.9 Å². The SMILES string of the molecule is CN(C(=O)c1ccc2ccccc2n1)c1ccccc1. The minimum atomic E-state index is -0.109. The van der Waals surface area contributed by atoms with E-state index >= 15 is 0 Å². The quantitative estimate of drug-likeness (QED) is 0.708. The average Bonchev–Trinajstić information content (AvgIpc) is 2.54. The van der Waals surface area contributed by atoms with Crippen molar-refractivity contribution in [3.8, 4) is 0 Å². The van der Waals surface area contributed by atoms with Crippen LogP contribution in [0.3, 0.4) is 0 Å². The maximum absolute atomic E-state index is 12.5. The lowest BCUT2D eigenvalue weighted by Crippen LogP contribution is -2.26. The van der Waals surface area contributed by atoms with Crippen molar-refractivity contribution in [3.63, 3.8) is 0 Å². The third kappa shape index (κ3) is 2.26. The number of carbonyl (C=O) groups is 1. The van der Waals surface area contributed by atoms with Gasteiger partial charge in [0, 0.05) is 18.1 Å². The van der Waals surface area contributed by atoms with Crippen molar-refractivity contribution in [3.05, 3.63) is 72.4 Å². The van der Waals surface area contributed by atoms with E-state index in [-0.39, 0.29) is 5.91 Å². The van der Waals surface area contributed by atoms with Crippen molar-refractivity contribution < 1.29 is 4.79 Å². The number of fused-ring (bicyclic) bond motifs is 1. The number of hydrogen-bond donors (Lipinski definition) is 0. The fourth-order valence-corrected chi connectivity index (χ4v) is 2.13.